The van der Waals surface area contributed by atoms with Crippen LogP contribution >= 0.6 is 0 Å². The van der Waals surface area contributed by atoms with E-state index in [0.29, 0.717) is 0 Å². The molecule has 0 bridgehead atoms. The Kier molecular flexibility index (Phi) is 27.4. The zero-order valence-electron chi connectivity index (χ0n) is 17.3. The number of hydrogen-bond donors (Lipinski definition) is 0. The Bertz CT molecular complexity index is 216. The van der Waals surface area contributed by atoms with Gasteiger partial charge in [0.1, 0.15) is 0 Å². The summed E-state index contributed by atoms with van der Waals surface area (Å²) in [6.45, 7) is 3.63. The number of unbranched alkanes of at least 4 members (excludes halogenated alkanes) is 15. The third-order valence-electron chi connectivity index (χ3n) is 4.68. The quantitative estimate of drug-likeness (QED) is 0.175. The maximum Gasteiger partial charge on any atom is 0.0780 e. The van der Waals surface area contributed by atoms with Crippen LogP contribution in [0.3, 0.4) is 0 Å². The van der Waals surface area contributed by atoms with Crippen LogP contribution in [0.5, 0.6) is 0 Å². The topological polar surface area (TPSA) is 0 Å². The van der Waals surface area contributed by atoms with Gasteiger partial charge in [0.05, 0.1) is 27.7 Å². The van der Waals surface area contributed by atoms with Gasteiger partial charge in [0.2, 0.25) is 0 Å². The van der Waals surface area contributed by atoms with Gasteiger partial charge in [0, 0.05) is 23.9 Å². The van der Waals surface area contributed by atoms with Gasteiger partial charge in [-0.2, -0.15) is 0 Å². The Morgan fingerprint density at radius 2 is 0.708 bits per heavy atom. The molecule has 146 valence electrons. The number of halogens is 1. The van der Waals surface area contributed by atoms with Crippen LogP contribution in [0.2, 0.25) is 0 Å². The van der Waals surface area contributed by atoms with Gasteiger partial charge in [-0.3, -0.25) is 0 Å². The third kappa shape index (κ3) is 27.9. The van der Waals surface area contributed by atoms with E-state index >= 15 is 0 Å². The Hall–Kier alpha value is 1.05. The maximum atomic E-state index is 2.30. The first-order valence-electron chi connectivity index (χ1n) is 10.4. The minimum absolute atomic E-state index is 0. The predicted octanol–water partition coefficient (Wildman–Crippen LogP) is 3.58. The summed E-state index contributed by atoms with van der Waals surface area (Å²) in [5.74, 6) is 0. The smallest absolute Gasteiger partial charge is 0.0780 e. The zero-order valence-corrected chi connectivity index (χ0v) is 21.0. The van der Waals surface area contributed by atoms with E-state index in [0.717, 1.165) is 4.48 Å². The molecule has 0 aromatic heterocycles. The van der Waals surface area contributed by atoms with Crippen molar-refractivity contribution in [3.8, 4) is 0 Å². The van der Waals surface area contributed by atoms with Crippen LogP contribution in [-0.2, 0) is 0 Å². The Labute approximate surface area is 177 Å². The van der Waals surface area contributed by atoms with Crippen LogP contribution < -0.4 is 12.4 Å². The van der Waals surface area contributed by atoms with E-state index in [1.165, 1.54) is 109 Å². The molecule has 0 rings (SSSR count). The molecule has 0 aliphatic carbocycles. The van der Waals surface area contributed by atoms with E-state index in [9.17, 15) is 0 Å². The van der Waals surface area contributed by atoms with Crippen molar-refractivity contribution in [3.63, 3.8) is 0 Å². The van der Waals surface area contributed by atoms with E-state index < -0.39 is 0 Å². The fraction of sp³-hybridized carbons (Fsp3) is 1.00. The second kappa shape index (κ2) is 22.1. The van der Waals surface area contributed by atoms with Gasteiger partial charge in [0.15, 0.2) is 0 Å². The summed E-state index contributed by atoms with van der Waals surface area (Å²) in [5, 5.41) is 0. The molecule has 3 heteroatoms. The third-order valence-corrected chi connectivity index (χ3v) is 4.68. The molecule has 0 aliphatic rings. The summed E-state index contributed by atoms with van der Waals surface area (Å²) >= 11 is 0. The van der Waals surface area contributed by atoms with Gasteiger partial charge < -0.3 is 16.9 Å². The Balaban J connectivity index is -0.00000220. The summed E-state index contributed by atoms with van der Waals surface area (Å²) in [6.07, 6.45) is 23.4. The second-order valence-corrected chi connectivity index (χ2v) is 8.32. The van der Waals surface area contributed by atoms with Crippen LogP contribution in [0.1, 0.15) is 110 Å². The Morgan fingerprint density at radius 3 is 0.958 bits per heavy atom. The molecule has 0 saturated carbocycles. The van der Waals surface area contributed by atoms with Crippen molar-refractivity contribution in [1.82, 2.24) is 0 Å². The zero-order chi connectivity index (χ0) is 16.5. The molecular weight excluding hydrogens is 420 g/mol. The van der Waals surface area contributed by atoms with Gasteiger partial charge in [-0.15, -0.1) is 0 Å². The fourth-order valence-corrected chi connectivity index (χ4v) is 3.13. The Morgan fingerprint density at radius 1 is 0.458 bits per heavy atom. The maximum absolute atomic E-state index is 2.30. The second-order valence-electron chi connectivity index (χ2n) is 8.32. The average Bonchev–Trinajstić information content (AvgIpc) is 2.45. The molecule has 0 amide bonds. The predicted molar refractivity (Wildman–Crippen MR) is 108 cm³/mol. The van der Waals surface area contributed by atoms with Crippen molar-refractivity contribution in [3.05, 3.63) is 0 Å². The standard InChI is InChI=1S/C21H46N.ClH.Sn/c1-5-6-7-8-9-10-11-12-13-14-15-16-17-18-19-20-21-22(2,3)4;;/h5-21H2,1-4H3;1H;/q+1;;/p-1. The molecule has 1 nitrogen and oxygen atoms in total. The normalized spacial score (nSPS) is 11.0. The molecule has 0 aliphatic heterocycles. The van der Waals surface area contributed by atoms with Crippen LogP contribution in [0.15, 0.2) is 0 Å². The van der Waals surface area contributed by atoms with Crippen molar-refractivity contribution >= 4 is 23.9 Å². The summed E-state index contributed by atoms with van der Waals surface area (Å²) in [6, 6.07) is 0. The summed E-state index contributed by atoms with van der Waals surface area (Å²) < 4.78 is 1.12. The van der Waals surface area contributed by atoms with Gasteiger partial charge in [0.25, 0.3) is 0 Å². The van der Waals surface area contributed by atoms with Gasteiger partial charge in [-0.25, -0.2) is 0 Å². The van der Waals surface area contributed by atoms with Crippen molar-refractivity contribution in [1.29, 1.82) is 0 Å². The first-order chi connectivity index (χ1) is 10.6. The van der Waals surface area contributed by atoms with Gasteiger partial charge >= 0.3 is 0 Å². The summed E-state index contributed by atoms with van der Waals surface area (Å²) in [5.41, 5.74) is 0. The average molecular weight is 467 g/mol. The number of rotatable bonds is 17. The number of nitrogens with zero attached hydrogens (tertiary/aromatic N) is 1. The van der Waals surface area contributed by atoms with Crippen molar-refractivity contribution in [2.45, 2.75) is 110 Å². The molecule has 4 radical (unpaired) electrons. The van der Waals surface area contributed by atoms with Crippen LogP contribution in [0.4, 0.5) is 0 Å². The van der Waals surface area contributed by atoms with Crippen LogP contribution in [-0.4, -0.2) is 56.1 Å². The molecule has 0 atom stereocenters. The molecule has 0 spiro atoms. The van der Waals surface area contributed by atoms with Crippen molar-refractivity contribution in [2.75, 3.05) is 27.7 Å². The minimum atomic E-state index is 0. The largest absolute Gasteiger partial charge is 1.00 e. The molecule has 0 aromatic carbocycles. The summed E-state index contributed by atoms with van der Waals surface area (Å²) in [4.78, 5) is 0. The molecule has 0 aromatic rings. The van der Waals surface area contributed by atoms with E-state index in [4.69, 9.17) is 0 Å². The van der Waals surface area contributed by atoms with Gasteiger partial charge in [-0.1, -0.05) is 96.8 Å². The van der Waals surface area contributed by atoms with E-state index in [1.54, 1.807) is 0 Å². The summed E-state index contributed by atoms with van der Waals surface area (Å²) in [7, 11) is 6.89. The number of hydrogen-bond acceptors (Lipinski definition) is 0. The molecule has 0 N–H and O–H groups in total. The van der Waals surface area contributed by atoms with Crippen LogP contribution in [0.25, 0.3) is 0 Å². The molecule has 0 unspecified atom stereocenters. The first-order valence-corrected chi connectivity index (χ1v) is 10.4. The molecular formula is C21H46ClNSn. The molecule has 0 fully saturated rings. The van der Waals surface area contributed by atoms with Crippen molar-refractivity contribution in [2.24, 2.45) is 0 Å². The van der Waals surface area contributed by atoms with Crippen LogP contribution in [0, 0.1) is 0 Å². The van der Waals surface area contributed by atoms with E-state index in [2.05, 4.69) is 28.1 Å². The number of quaternary nitrogens is 1. The minimum Gasteiger partial charge on any atom is -1.00 e. The molecule has 24 heavy (non-hydrogen) atoms. The van der Waals surface area contributed by atoms with Crippen molar-refractivity contribution < 1.29 is 16.9 Å². The van der Waals surface area contributed by atoms with E-state index in [1.807, 2.05) is 0 Å². The molecule has 0 saturated heterocycles. The fourth-order valence-electron chi connectivity index (χ4n) is 3.13. The van der Waals surface area contributed by atoms with Gasteiger partial charge in [-0.05, 0) is 12.8 Å². The molecule has 0 heterocycles. The first kappa shape index (κ1) is 29.8. The monoisotopic (exact) mass is 467 g/mol. The van der Waals surface area contributed by atoms with E-state index in [-0.39, 0.29) is 36.3 Å². The SMILES string of the molecule is CCCCCCCCCCCCCCCCCC[N+](C)(C)C.[Cl-].[Sn].